The Hall–Kier alpha value is -2.02. The van der Waals surface area contributed by atoms with Gasteiger partial charge in [0.2, 0.25) is 0 Å². The topological polar surface area (TPSA) is 51.9 Å². The van der Waals surface area contributed by atoms with Gasteiger partial charge in [0.05, 0.1) is 25.0 Å². The van der Waals surface area contributed by atoms with Crippen molar-refractivity contribution in [2.45, 2.75) is 39.5 Å². The number of benzene rings is 1. The Bertz CT molecular complexity index is 1070. The van der Waals surface area contributed by atoms with Crippen LogP contribution in [-0.2, 0) is 17.6 Å². The lowest BCUT2D eigenvalue weighted by Gasteiger charge is -2.26. The van der Waals surface area contributed by atoms with Crippen LogP contribution in [0.3, 0.4) is 0 Å². The zero-order valence-electron chi connectivity index (χ0n) is 18.6. The number of halogens is 2. The second kappa shape index (κ2) is 10.1. The normalized spacial score (nSPS) is 12.7. The molecule has 168 valence electrons. The first kappa shape index (κ1) is 23.6. The summed E-state index contributed by atoms with van der Waals surface area (Å²) in [5.74, 6) is 1.92. The van der Waals surface area contributed by atoms with Gasteiger partial charge in [-0.3, -0.25) is 0 Å². The fraction of sp³-hybridized carbons (Fsp3) is 0.478. The number of fused-ring (bicyclic) bond motifs is 2. The maximum atomic E-state index is 6.61. The lowest BCUT2D eigenvalue weighted by molar-refractivity contribution is 0.205. The van der Waals surface area contributed by atoms with Gasteiger partial charge in [0.25, 0.3) is 0 Å². The van der Waals surface area contributed by atoms with E-state index in [1.165, 1.54) is 11.3 Å². The lowest BCUT2D eigenvalue weighted by atomic mass is 10.1. The molecule has 2 heterocycles. The van der Waals surface area contributed by atoms with E-state index in [0.29, 0.717) is 11.6 Å². The van der Waals surface area contributed by atoms with Crippen LogP contribution in [0.1, 0.15) is 36.7 Å². The number of aromatic nitrogens is 3. The number of nitrogens with zero attached hydrogens (tertiary/aromatic N) is 4. The summed E-state index contributed by atoms with van der Waals surface area (Å²) in [7, 11) is 3.41. The minimum atomic E-state index is 0. The monoisotopic (exact) mass is 464 g/mol. The van der Waals surface area contributed by atoms with Gasteiger partial charge in [0.15, 0.2) is 5.65 Å². The average Bonchev–Trinajstić information content (AvgIpc) is 3.33. The third-order valence-corrected chi connectivity index (χ3v) is 6.07. The fourth-order valence-corrected chi connectivity index (χ4v) is 4.58. The standard InChI is InChI=1S/C23H29ClN4O2.ClH/c1-5-11-27(12-13-29-3)23-17-7-6-8-20(17)25-22-21(15(2)26-28(22)23)18-14-16(30-4)9-10-19(18)24;/h9-10,14H,5-8,11-13H2,1-4H3;1H. The lowest BCUT2D eigenvalue weighted by Crippen LogP contribution is -2.31. The summed E-state index contributed by atoms with van der Waals surface area (Å²) < 4.78 is 12.9. The molecule has 0 aliphatic heterocycles. The van der Waals surface area contributed by atoms with Crippen molar-refractivity contribution in [2.24, 2.45) is 0 Å². The molecule has 0 spiro atoms. The van der Waals surface area contributed by atoms with Crippen molar-refractivity contribution in [1.82, 2.24) is 14.6 Å². The van der Waals surface area contributed by atoms with Gasteiger partial charge in [-0.05, 0) is 50.8 Å². The number of hydrogen-bond acceptors (Lipinski definition) is 5. The molecule has 0 saturated carbocycles. The van der Waals surface area contributed by atoms with Crippen LogP contribution in [0.2, 0.25) is 5.02 Å². The molecule has 0 amide bonds. The van der Waals surface area contributed by atoms with E-state index in [1.54, 1.807) is 14.2 Å². The molecule has 4 rings (SSSR count). The molecule has 31 heavy (non-hydrogen) atoms. The third-order valence-electron chi connectivity index (χ3n) is 5.74. The quantitative estimate of drug-likeness (QED) is 0.461. The van der Waals surface area contributed by atoms with E-state index in [9.17, 15) is 0 Å². The molecule has 0 saturated heterocycles. The van der Waals surface area contributed by atoms with Crippen LogP contribution in [0.5, 0.6) is 5.75 Å². The number of aryl methyl sites for hydroxylation is 2. The van der Waals surface area contributed by atoms with E-state index in [2.05, 4.69) is 11.8 Å². The maximum Gasteiger partial charge on any atom is 0.165 e. The molecule has 3 aromatic rings. The Balaban J connectivity index is 0.00000272. The molecule has 0 radical (unpaired) electrons. The van der Waals surface area contributed by atoms with E-state index in [-0.39, 0.29) is 12.4 Å². The zero-order chi connectivity index (χ0) is 21.3. The van der Waals surface area contributed by atoms with Crippen molar-refractivity contribution in [3.8, 4) is 16.9 Å². The molecule has 8 heteroatoms. The van der Waals surface area contributed by atoms with E-state index < -0.39 is 0 Å². The molecule has 0 atom stereocenters. The Morgan fingerprint density at radius 1 is 1.19 bits per heavy atom. The van der Waals surface area contributed by atoms with Crippen molar-refractivity contribution < 1.29 is 9.47 Å². The van der Waals surface area contributed by atoms with Gasteiger partial charge < -0.3 is 14.4 Å². The predicted molar refractivity (Wildman–Crippen MR) is 128 cm³/mol. The molecule has 0 fully saturated rings. The van der Waals surface area contributed by atoms with Gasteiger partial charge in [-0.15, -0.1) is 12.4 Å². The molecule has 0 unspecified atom stereocenters. The van der Waals surface area contributed by atoms with Crippen LogP contribution in [0.25, 0.3) is 16.8 Å². The van der Waals surface area contributed by atoms with E-state index in [4.69, 9.17) is 31.2 Å². The van der Waals surface area contributed by atoms with Gasteiger partial charge in [-0.25, -0.2) is 4.98 Å². The molecular formula is C23H30Cl2N4O2. The fourth-order valence-electron chi connectivity index (χ4n) is 4.37. The van der Waals surface area contributed by atoms with Crippen LogP contribution in [0.4, 0.5) is 5.82 Å². The van der Waals surface area contributed by atoms with Crippen LogP contribution >= 0.6 is 24.0 Å². The molecule has 1 aliphatic rings. The van der Waals surface area contributed by atoms with E-state index in [0.717, 1.165) is 72.8 Å². The van der Waals surface area contributed by atoms with Crippen molar-refractivity contribution in [3.63, 3.8) is 0 Å². The number of anilines is 1. The summed E-state index contributed by atoms with van der Waals surface area (Å²) in [6.07, 6.45) is 4.21. The second-order valence-electron chi connectivity index (χ2n) is 7.74. The SMILES string of the molecule is CCCN(CCOC)c1c2c(nc3c(-c4cc(OC)ccc4Cl)c(C)nn13)CCC2.Cl. The summed E-state index contributed by atoms with van der Waals surface area (Å²) in [6, 6.07) is 5.71. The van der Waals surface area contributed by atoms with Gasteiger partial charge >= 0.3 is 0 Å². The molecule has 0 N–H and O–H groups in total. The van der Waals surface area contributed by atoms with Crippen LogP contribution in [0, 0.1) is 6.92 Å². The Morgan fingerprint density at radius 3 is 2.71 bits per heavy atom. The van der Waals surface area contributed by atoms with E-state index in [1.807, 2.05) is 29.6 Å². The number of rotatable bonds is 8. The van der Waals surface area contributed by atoms with Crippen LogP contribution < -0.4 is 9.64 Å². The summed E-state index contributed by atoms with van der Waals surface area (Å²) in [6.45, 7) is 6.67. The van der Waals surface area contributed by atoms with Gasteiger partial charge in [0, 0.05) is 42.0 Å². The van der Waals surface area contributed by atoms with Crippen molar-refractivity contribution in [3.05, 3.63) is 40.2 Å². The third kappa shape index (κ3) is 4.34. The average molecular weight is 465 g/mol. The molecule has 2 aromatic heterocycles. The molecule has 1 aliphatic carbocycles. The predicted octanol–water partition coefficient (Wildman–Crippen LogP) is 5.14. The molecule has 1 aromatic carbocycles. The van der Waals surface area contributed by atoms with Crippen molar-refractivity contribution in [2.75, 3.05) is 38.8 Å². The van der Waals surface area contributed by atoms with Gasteiger partial charge in [0.1, 0.15) is 11.6 Å². The summed E-state index contributed by atoms with van der Waals surface area (Å²) in [5, 5.41) is 5.62. The maximum absolute atomic E-state index is 6.61. The Labute approximate surface area is 194 Å². The van der Waals surface area contributed by atoms with Gasteiger partial charge in [-0.2, -0.15) is 9.61 Å². The minimum Gasteiger partial charge on any atom is -0.497 e. The Morgan fingerprint density at radius 2 is 2.00 bits per heavy atom. The number of hydrogen-bond donors (Lipinski definition) is 0. The van der Waals surface area contributed by atoms with Crippen molar-refractivity contribution in [1.29, 1.82) is 0 Å². The molecular weight excluding hydrogens is 435 g/mol. The summed E-state index contributed by atoms with van der Waals surface area (Å²) >= 11 is 6.61. The first-order valence-electron chi connectivity index (χ1n) is 10.6. The number of ether oxygens (including phenoxy) is 2. The molecule has 6 nitrogen and oxygen atoms in total. The number of methoxy groups -OCH3 is 2. The smallest absolute Gasteiger partial charge is 0.165 e. The highest BCUT2D eigenvalue weighted by Gasteiger charge is 2.27. The van der Waals surface area contributed by atoms with Crippen molar-refractivity contribution >= 4 is 35.5 Å². The first-order valence-corrected chi connectivity index (χ1v) is 11.0. The minimum absolute atomic E-state index is 0. The molecule has 0 bridgehead atoms. The summed E-state index contributed by atoms with van der Waals surface area (Å²) in [5.41, 5.74) is 6.13. The second-order valence-corrected chi connectivity index (χ2v) is 8.14. The zero-order valence-corrected chi connectivity index (χ0v) is 20.1. The van der Waals surface area contributed by atoms with Crippen LogP contribution in [-0.4, -0.2) is 48.5 Å². The van der Waals surface area contributed by atoms with Crippen LogP contribution in [0.15, 0.2) is 18.2 Å². The largest absolute Gasteiger partial charge is 0.497 e. The Kier molecular flexibility index (Phi) is 7.68. The highest BCUT2D eigenvalue weighted by atomic mass is 35.5. The highest BCUT2D eigenvalue weighted by molar-refractivity contribution is 6.33. The highest BCUT2D eigenvalue weighted by Crippen LogP contribution is 2.39. The van der Waals surface area contributed by atoms with Gasteiger partial charge in [-0.1, -0.05) is 18.5 Å². The first-order chi connectivity index (χ1) is 14.6. The van der Waals surface area contributed by atoms with E-state index >= 15 is 0 Å². The summed E-state index contributed by atoms with van der Waals surface area (Å²) in [4.78, 5) is 7.47.